The summed E-state index contributed by atoms with van der Waals surface area (Å²) in [5, 5.41) is 0. The summed E-state index contributed by atoms with van der Waals surface area (Å²) in [4.78, 5) is 33.3. The van der Waals surface area contributed by atoms with E-state index >= 15 is 0 Å². The number of carbonyl (C=O) groups excluding carboxylic acids is 1. The Labute approximate surface area is 249 Å². The molecule has 0 spiro atoms. The van der Waals surface area contributed by atoms with Gasteiger partial charge >= 0.3 is 5.97 Å². The van der Waals surface area contributed by atoms with Gasteiger partial charge in [-0.2, -0.15) is 0 Å². The first kappa shape index (κ1) is 28.4. The highest BCUT2D eigenvalue weighted by Crippen LogP contribution is 2.32. The fourth-order valence-corrected chi connectivity index (χ4v) is 6.88. The van der Waals surface area contributed by atoms with Gasteiger partial charge < -0.3 is 9.47 Å². The standard InChI is InChI=1S/C31H29BrN2O4S2/c1-4-37-30(36)27-19(2)33-31-34(28(27)22-11-13-23(39-3)14-12-22)29(35)26(40-31)17-21-10-15-25(24(32)16-21)38-18-20-8-6-5-7-9-20/h5-15,17,21,28H,4,16,18H2,1-3H3/b26-17-/t21-,28-/m1/s1. The van der Waals surface area contributed by atoms with Gasteiger partial charge in [-0.25, -0.2) is 9.79 Å². The number of allylic oxidation sites excluding steroid dienone is 4. The molecule has 3 aromatic rings. The third kappa shape index (κ3) is 5.96. The minimum absolute atomic E-state index is 0.00440. The van der Waals surface area contributed by atoms with Crippen LogP contribution in [0, 0.1) is 5.92 Å². The third-order valence-corrected chi connectivity index (χ3v) is 9.19. The molecule has 1 aromatic heterocycles. The molecule has 0 bridgehead atoms. The zero-order valence-corrected chi connectivity index (χ0v) is 25.6. The van der Waals surface area contributed by atoms with Crippen molar-refractivity contribution in [1.29, 1.82) is 0 Å². The maximum absolute atomic E-state index is 13.9. The van der Waals surface area contributed by atoms with E-state index in [-0.39, 0.29) is 18.1 Å². The molecular weight excluding hydrogens is 608 g/mol. The number of aromatic nitrogens is 1. The summed E-state index contributed by atoms with van der Waals surface area (Å²) in [6.07, 6.45) is 8.67. The molecule has 5 rings (SSSR count). The topological polar surface area (TPSA) is 69.9 Å². The second-order valence-corrected chi connectivity index (χ2v) is 12.2. The molecule has 2 atom stereocenters. The smallest absolute Gasteiger partial charge is 0.338 e. The molecule has 2 aromatic carbocycles. The van der Waals surface area contributed by atoms with E-state index in [0.717, 1.165) is 26.3 Å². The Morgan fingerprint density at radius 2 is 1.95 bits per heavy atom. The Morgan fingerprint density at radius 3 is 2.62 bits per heavy atom. The van der Waals surface area contributed by atoms with Crippen LogP contribution in [0.5, 0.6) is 0 Å². The minimum atomic E-state index is -0.611. The van der Waals surface area contributed by atoms with Gasteiger partial charge in [0, 0.05) is 15.3 Å². The molecular formula is C31H29BrN2O4S2. The van der Waals surface area contributed by atoms with Crippen LogP contribution in [0.2, 0.25) is 0 Å². The molecule has 0 fully saturated rings. The number of rotatable bonds is 8. The predicted octanol–water partition coefficient (Wildman–Crippen LogP) is 5.87. The second kappa shape index (κ2) is 12.6. The van der Waals surface area contributed by atoms with Gasteiger partial charge in [-0.15, -0.1) is 11.8 Å². The molecule has 0 amide bonds. The fraction of sp³-hybridized carbons (Fsp3) is 0.258. The zero-order chi connectivity index (χ0) is 28.2. The summed E-state index contributed by atoms with van der Waals surface area (Å²) in [6, 6.07) is 17.4. The SMILES string of the molecule is CCOC(=O)C1=C(C)N=c2s/c(=C\[C@@H]3C=CC(OCc4ccccc4)=C(Br)C3)c(=O)n2[C@@H]1c1ccc(SC)cc1. The van der Waals surface area contributed by atoms with E-state index in [2.05, 4.69) is 27.0 Å². The van der Waals surface area contributed by atoms with E-state index in [0.29, 0.717) is 33.6 Å². The van der Waals surface area contributed by atoms with Crippen LogP contribution in [0.4, 0.5) is 0 Å². The number of nitrogens with zero attached hydrogens (tertiary/aromatic N) is 2. The van der Waals surface area contributed by atoms with Gasteiger partial charge in [0.1, 0.15) is 12.4 Å². The van der Waals surface area contributed by atoms with Gasteiger partial charge in [-0.1, -0.05) is 81.9 Å². The van der Waals surface area contributed by atoms with Crippen molar-refractivity contribution in [3.63, 3.8) is 0 Å². The number of hydrogen-bond acceptors (Lipinski definition) is 7. The maximum Gasteiger partial charge on any atom is 0.338 e. The number of esters is 1. The van der Waals surface area contributed by atoms with Crippen LogP contribution in [0.3, 0.4) is 0 Å². The van der Waals surface area contributed by atoms with Crippen LogP contribution >= 0.6 is 39.0 Å². The molecule has 9 heteroatoms. The van der Waals surface area contributed by atoms with E-state index in [1.54, 1.807) is 30.2 Å². The van der Waals surface area contributed by atoms with Crippen molar-refractivity contribution in [2.45, 2.75) is 37.8 Å². The van der Waals surface area contributed by atoms with E-state index < -0.39 is 12.0 Å². The van der Waals surface area contributed by atoms with Crippen LogP contribution < -0.4 is 14.9 Å². The molecule has 0 unspecified atom stereocenters. The quantitative estimate of drug-likeness (QED) is 0.228. The number of carbonyl (C=O) groups is 1. The zero-order valence-electron chi connectivity index (χ0n) is 22.4. The molecule has 2 aliphatic rings. The van der Waals surface area contributed by atoms with Crippen molar-refractivity contribution in [3.05, 3.63) is 119 Å². The van der Waals surface area contributed by atoms with Crippen LogP contribution in [0.25, 0.3) is 6.08 Å². The minimum Gasteiger partial charge on any atom is -0.488 e. The monoisotopic (exact) mass is 636 g/mol. The van der Waals surface area contributed by atoms with Gasteiger partial charge in [0.05, 0.1) is 28.5 Å². The molecule has 0 saturated heterocycles. The van der Waals surface area contributed by atoms with E-state index in [4.69, 9.17) is 9.47 Å². The molecule has 6 nitrogen and oxygen atoms in total. The Kier molecular flexibility index (Phi) is 8.93. The van der Waals surface area contributed by atoms with Gasteiger partial charge in [-0.05, 0) is 55.9 Å². The average molecular weight is 638 g/mol. The van der Waals surface area contributed by atoms with Gasteiger partial charge in [0.2, 0.25) is 0 Å². The van der Waals surface area contributed by atoms with Crippen molar-refractivity contribution in [2.75, 3.05) is 12.9 Å². The summed E-state index contributed by atoms with van der Waals surface area (Å²) in [6.45, 7) is 4.30. The molecule has 0 N–H and O–H groups in total. The first-order valence-corrected chi connectivity index (χ1v) is 15.8. The first-order valence-electron chi connectivity index (χ1n) is 13.0. The number of benzene rings is 2. The molecule has 2 heterocycles. The van der Waals surface area contributed by atoms with Crippen LogP contribution in [0.15, 0.2) is 103 Å². The summed E-state index contributed by atoms with van der Waals surface area (Å²) < 4.78 is 14.6. The molecule has 1 aliphatic carbocycles. The highest BCUT2D eigenvalue weighted by atomic mass is 79.9. The van der Waals surface area contributed by atoms with E-state index in [9.17, 15) is 9.59 Å². The Balaban J connectivity index is 1.47. The lowest BCUT2D eigenvalue weighted by Crippen LogP contribution is -2.40. The van der Waals surface area contributed by atoms with Crippen molar-refractivity contribution < 1.29 is 14.3 Å². The largest absolute Gasteiger partial charge is 0.488 e. The lowest BCUT2D eigenvalue weighted by molar-refractivity contribution is -0.139. The lowest BCUT2D eigenvalue weighted by Gasteiger charge is -2.24. The Morgan fingerprint density at radius 1 is 1.20 bits per heavy atom. The highest BCUT2D eigenvalue weighted by Gasteiger charge is 2.33. The predicted molar refractivity (Wildman–Crippen MR) is 164 cm³/mol. The van der Waals surface area contributed by atoms with Gasteiger partial charge in [0.25, 0.3) is 5.56 Å². The third-order valence-electron chi connectivity index (χ3n) is 6.73. The van der Waals surface area contributed by atoms with Crippen molar-refractivity contribution in [2.24, 2.45) is 10.9 Å². The van der Waals surface area contributed by atoms with Gasteiger partial charge in [-0.3, -0.25) is 9.36 Å². The Bertz CT molecular complexity index is 1690. The number of halogens is 1. The van der Waals surface area contributed by atoms with Crippen molar-refractivity contribution in [3.8, 4) is 0 Å². The van der Waals surface area contributed by atoms with Gasteiger partial charge in [0.15, 0.2) is 4.80 Å². The summed E-state index contributed by atoms with van der Waals surface area (Å²) in [5.41, 5.74) is 2.72. The van der Waals surface area contributed by atoms with Crippen LogP contribution in [-0.2, 0) is 20.9 Å². The highest BCUT2D eigenvalue weighted by molar-refractivity contribution is 9.11. The number of thioether (sulfide) groups is 1. The molecule has 206 valence electrons. The number of hydrogen-bond donors (Lipinski definition) is 0. The number of thiazole rings is 1. The number of fused-ring (bicyclic) bond motifs is 1. The fourth-order valence-electron chi connectivity index (χ4n) is 4.75. The maximum atomic E-state index is 13.9. The molecule has 0 radical (unpaired) electrons. The second-order valence-electron chi connectivity index (χ2n) is 9.37. The normalized spacial score (nSPS) is 18.9. The number of ether oxygens (including phenoxy) is 2. The van der Waals surface area contributed by atoms with Crippen molar-refractivity contribution in [1.82, 2.24) is 4.57 Å². The molecule has 1 aliphatic heterocycles. The van der Waals surface area contributed by atoms with E-state index in [1.807, 2.05) is 73.0 Å². The van der Waals surface area contributed by atoms with Crippen LogP contribution in [0.1, 0.15) is 37.4 Å². The van der Waals surface area contributed by atoms with E-state index in [1.165, 1.54) is 11.3 Å². The summed E-state index contributed by atoms with van der Waals surface area (Å²) >= 11 is 6.66. The average Bonchev–Trinajstić information content (AvgIpc) is 3.26. The Hall–Kier alpha value is -3.14. The molecule has 40 heavy (non-hydrogen) atoms. The summed E-state index contributed by atoms with van der Waals surface area (Å²) in [5.74, 6) is 0.340. The van der Waals surface area contributed by atoms with Crippen molar-refractivity contribution >= 4 is 51.1 Å². The lowest BCUT2D eigenvalue weighted by atomic mass is 9.96. The van der Waals surface area contributed by atoms with Crippen LogP contribution in [-0.4, -0.2) is 23.4 Å². The first-order chi connectivity index (χ1) is 19.4. The summed E-state index contributed by atoms with van der Waals surface area (Å²) in [7, 11) is 0. The molecule has 0 saturated carbocycles.